The number of nitrogens with zero attached hydrogens (tertiary/aromatic N) is 2. The van der Waals surface area contributed by atoms with Crippen molar-refractivity contribution in [3.05, 3.63) is 58.5 Å². The Kier molecular flexibility index (Phi) is 5.08. The summed E-state index contributed by atoms with van der Waals surface area (Å²) in [6, 6.07) is 11.7. The van der Waals surface area contributed by atoms with Crippen molar-refractivity contribution in [2.75, 3.05) is 7.11 Å². The lowest BCUT2D eigenvalue weighted by Gasteiger charge is -2.06. The zero-order valence-electron chi connectivity index (χ0n) is 12.3. The number of nitroso groups, excluding NO2 is 1. The number of hydrogen-bond acceptors (Lipinski definition) is 6. The molecule has 22 heavy (non-hydrogen) atoms. The molecule has 0 aliphatic rings. The third-order valence-corrected chi connectivity index (χ3v) is 3.07. The summed E-state index contributed by atoms with van der Waals surface area (Å²) in [7, 11) is 1.49. The first-order chi connectivity index (χ1) is 10.6. The molecule has 0 unspecified atom stereocenters. The number of phenols is 1. The first-order valence-electron chi connectivity index (χ1n) is 6.60. The van der Waals surface area contributed by atoms with Crippen molar-refractivity contribution in [2.24, 2.45) is 10.3 Å². The minimum absolute atomic E-state index is 0.0730. The molecule has 2 aromatic carbocycles. The van der Waals surface area contributed by atoms with Gasteiger partial charge in [0.2, 0.25) is 0 Å². The predicted molar refractivity (Wildman–Crippen MR) is 83.6 cm³/mol. The van der Waals surface area contributed by atoms with Crippen LogP contribution in [0.2, 0.25) is 0 Å². The Hall–Kier alpha value is -2.89. The van der Waals surface area contributed by atoms with Crippen LogP contribution in [0.15, 0.2) is 52.8 Å². The van der Waals surface area contributed by atoms with Crippen molar-refractivity contribution in [3.63, 3.8) is 0 Å². The van der Waals surface area contributed by atoms with Gasteiger partial charge < -0.3 is 14.7 Å². The largest absolute Gasteiger partial charge is 0.504 e. The molecule has 2 rings (SSSR count). The lowest BCUT2D eigenvalue weighted by atomic mass is 10.1. The molecule has 0 aliphatic heterocycles. The van der Waals surface area contributed by atoms with E-state index >= 15 is 0 Å². The van der Waals surface area contributed by atoms with Gasteiger partial charge in [-0.2, -0.15) is 0 Å². The van der Waals surface area contributed by atoms with Gasteiger partial charge >= 0.3 is 0 Å². The molecule has 0 aromatic heterocycles. The number of aromatic hydroxyl groups is 1. The maximum atomic E-state index is 10.3. The standard InChI is InChI=1S/C16H16N2O4/c1-11(13-5-8-15(19)16(9-13)21-2)18-22-10-12-3-6-14(17-20)7-4-12/h3-9,19H,10H2,1-2H3/b18-11+. The molecule has 0 amide bonds. The van der Waals surface area contributed by atoms with Gasteiger partial charge in [0.1, 0.15) is 12.3 Å². The molecule has 2 aromatic rings. The number of ether oxygens (including phenoxy) is 1. The van der Waals surface area contributed by atoms with Gasteiger partial charge in [-0.25, -0.2) is 0 Å². The first kappa shape index (κ1) is 15.5. The predicted octanol–water partition coefficient (Wildman–Crippen LogP) is 3.74. The fraction of sp³-hybridized carbons (Fsp3) is 0.188. The summed E-state index contributed by atoms with van der Waals surface area (Å²) in [4.78, 5) is 15.6. The molecule has 114 valence electrons. The molecule has 0 aliphatic carbocycles. The monoisotopic (exact) mass is 300 g/mol. The average Bonchev–Trinajstić information content (AvgIpc) is 2.55. The minimum atomic E-state index is 0.0730. The van der Waals surface area contributed by atoms with Crippen LogP contribution in [0.5, 0.6) is 11.5 Å². The van der Waals surface area contributed by atoms with Crippen molar-refractivity contribution in [1.29, 1.82) is 0 Å². The second-order valence-electron chi connectivity index (χ2n) is 4.59. The molecule has 1 N–H and O–H groups in total. The highest BCUT2D eigenvalue weighted by Crippen LogP contribution is 2.26. The van der Waals surface area contributed by atoms with Gasteiger partial charge in [-0.05, 0) is 48.0 Å². The fourth-order valence-corrected chi connectivity index (χ4v) is 1.81. The summed E-state index contributed by atoms with van der Waals surface area (Å²) in [5.41, 5.74) is 2.70. The smallest absolute Gasteiger partial charge is 0.161 e. The van der Waals surface area contributed by atoms with Gasteiger partial charge in [0, 0.05) is 5.56 Å². The van der Waals surface area contributed by atoms with Gasteiger partial charge in [-0.1, -0.05) is 17.3 Å². The van der Waals surface area contributed by atoms with Crippen LogP contribution >= 0.6 is 0 Å². The van der Waals surface area contributed by atoms with Crippen molar-refractivity contribution >= 4 is 11.4 Å². The SMILES string of the molecule is COc1cc(/C(C)=N/OCc2ccc(N=O)cc2)ccc1O. The molecule has 0 heterocycles. The van der Waals surface area contributed by atoms with Crippen molar-refractivity contribution in [3.8, 4) is 11.5 Å². The van der Waals surface area contributed by atoms with Gasteiger partial charge in [-0.15, -0.1) is 4.91 Å². The van der Waals surface area contributed by atoms with Crippen LogP contribution in [0.25, 0.3) is 0 Å². The summed E-state index contributed by atoms with van der Waals surface area (Å²) in [5.74, 6) is 0.452. The van der Waals surface area contributed by atoms with Crippen LogP contribution in [0.3, 0.4) is 0 Å². The molecule has 0 radical (unpaired) electrons. The van der Waals surface area contributed by atoms with E-state index in [0.29, 0.717) is 17.1 Å². The molecule has 0 saturated heterocycles. The van der Waals surface area contributed by atoms with Crippen molar-refractivity contribution in [2.45, 2.75) is 13.5 Å². The van der Waals surface area contributed by atoms with Gasteiger partial charge in [0.05, 0.1) is 12.8 Å². The molecular formula is C16H16N2O4. The first-order valence-corrected chi connectivity index (χ1v) is 6.60. The second-order valence-corrected chi connectivity index (χ2v) is 4.59. The lowest BCUT2D eigenvalue weighted by molar-refractivity contribution is 0.130. The van der Waals surface area contributed by atoms with E-state index in [0.717, 1.165) is 11.1 Å². The van der Waals surface area contributed by atoms with Crippen LogP contribution in [-0.2, 0) is 11.4 Å². The highest BCUT2D eigenvalue weighted by molar-refractivity contribution is 5.98. The normalized spacial score (nSPS) is 11.1. The van der Waals surface area contributed by atoms with Crippen molar-refractivity contribution in [1.82, 2.24) is 0 Å². The number of methoxy groups -OCH3 is 1. The Bertz CT molecular complexity index is 681. The Morgan fingerprint density at radius 1 is 1.18 bits per heavy atom. The third-order valence-electron chi connectivity index (χ3n) is 3.07. The fourth-order valence-electron chi connectivity index (χ4n) is 1.81. The Balaban J connectivity index is 2.01. The molecule has 0 spiro atoms. The molecule has 0 saturated carbocycles. The number of oxime groups is 1. The van der Waals surface area contributed by atoms with Gasteiger partial charge in [0.25, 0.3) is 0 Å². The van der Waals surface area contributed by atoms with E-state index in [2.05, 4.69) is 10.3 Å². The van der Waals surface area contributed by atoms with Crippen LogP contribution in [0, 0.1) is 4.91 Å². The van der Waals surface area contributed by atoms with E-state index in [4.69, 9.17) is 9.57 Å². The zero-order valence-corrected chi connectivity index (χ0v) is 12.3. The highest BCUT2D eigenvalue weighted by atomic mass is 16.6. The molecule has 0 atom stereocenters. The van der Waals surface area contributed by atoms with E-state index in [9.17, 15) is 10.0 Å². The minimum Gasteiger partial charge on any atom is -0.504 e. The molecule has 6 heteroatoms. The van der Waals surface area contributed by atoms with Crippen LogP contribution in [0.1, 0.15) is 18.1 Å². The van der Waals surface area contributed by atoms with Gasteiger partial charge in [-0.3, -0.25) is 0 Å². The number of phenolic OH excluding ortho intramolecular Hbond substituents is 1. The van der Waals surface area contributed by atoms with E-state index < -0.39 is 0 Å². The number of benzene rings is 2. The number of rotatable bonds is 6. The molecule has 0 bridgehead atoms. The molecule has 6 nitrogen and oxygen atoms in total. The summed E-state index contributed by atoms with van der Waals surface area (Å²) >= 11 is 0. The van der Waals surface area contributed by atoms with Crippen molar-refractivity contribution < 1.29 is 14.7 Å². The van der Waals surface area contributed by atoms with E-state index in [-0.39, 0.29) is 12.4 Å². The van der Waals surface area contributed by atoms with Gasteiger partial charge in [0.15, 0.2) is 11.5 Å². The van der Waals surface area contributed by atoms with Crippen LogP contribution in [-0.4, -0.2) is 17.9 Å². The Morgan fingerprint density at radius 2 is 1.91 bits per heavy atom. The molecular weight excluding hydrogens is 284 g/mol. The van der Waals surface area contributed by atoms with Crippen LogP contribution in [0.4, 0.5) is 5.69 Å². The maximum absolute atomic E-state index is 10.3. The zero-order chi connectivity index (χ0) is 15.9. The van der Waals surface area contributed by atoms with Crippen LogP contribution < -0.4 is 4.74 Å². The Labute approximate surface area is 128 Å². The maximum Gasteiger partial charge on any atom is 0.161 e. The summed E-state index contributed by atoms with van der Waals surface area (Å²) in [6.07, 6.45) is 0. The number of hydrogen-bond donors (Lipinski definition) is 1. The van der Waals surface area contributed by atoms with E-state index in [1.54, 1.807) is 49.4 Å². The summed E-state index contributed by atoms with van der Waals surface area (Å²) in [5, 5.41) is 16.4. The lowest BCUT2D eigenvalue weighted by Crippen LogP contribution is -1.98. The Morgan fingerprint density at radius 3 is 2.55 bits per heavy atom. The summed E-state index contributed by atoms with van der Waals surface area (Å²) < 4.78 is 5.05. The molecule has 0 fully saturated rings. The van der Waals surface area contributed by atoms with E-state index in [1.807, 2.05) is 0 Å². The summed E-state index contributed by atoms with van der Waals surface area (Å²) in [6.45, 7) is 2.08. The second kappa shape index (κ2) is 7.21. The topological polar surface area (TPSA) is 80.5 Å². The highest BCUT2D eigenvalue weighted by Gasteiger charge is 2.05. The third kappa shape index (κ3) is 3.82. The van der Waals surface area contributed by atoms with E-state index in [1.165, 1.54) is 7.11 Å². The quantitative estimate of drug-likeness (QED) is 0.500. The average molecular weight is 300 g/mol.